The van der Waals surface area contributed by atoms with Crippen LogP contribution in [0.1, 0.15) is 136 Å². The van der Waals surface area contributed by atoms with Crippen LogP contribution in [0.25, 0.3) is 0 Å². The number of phosphoric ester groups is 1. The first-order chi connectivity index (χ1) is 29.4. The number of esters is 3. The van der Waals surface area contributed by atoms with E-state index in [4.69, 9.17) is 28.0 Å². The molecule has 62 heavy (non-hydrogen) atoms. The van der Waals surface area contributed by atoms with Crippen molar-refractivity contribution in [1.82, 2.24) is 16.0 Å². The van der Waals surface area contributed by atoms with Gasteiger partial charge in [-0.3, -0.25) is 33.5 Å². The van der Waals surface area contributed by atoms with Gasteiger partial charge >= 0.3 is 25.7 Å². The highest BCUT2D eigenvalue weighted by Crippen LogP contribution is 2.43. The van der Waals surface area contributed by atoms with Crippen molar-refractivity contribution < 1.29 is 71.0 Å². The molecule has 18 nitrogen and oxygen atoms in total. The van der Waals surface area contributed by atoms with Gasteiger partial charge in [0.15, 0.2) is 6.10 Å². The van der Waals surface area contributed by atoms with Crippen LogP contribution in [0.4, 0.5) is 0 Å². The van der Waals surface area contributed by atoms with E-state index in [1.807, 2.05) is 21.1 Å². The Morgan fingerprint density at radius 1 is 0.758 bits per heavy atom. The standard InChI is InChI=1S/C43H81N4O14P/c1-8-9-10-11-12-13-14-15-16-17-18-19-20-24-41(51)58-33-37(34-60-62(54,55)59-31-30-47(3,4)5)61-42(52)28-26-36(49)25-27-40(56-6)44-29-22-21-23-38(43(53)57-7)46-39(50)32-45-35(2)48/h25,27,36-38,40,44,49H,8-24,26,28-34H2,1-7H3,(H2-,45,46,48,50,54,55)/p+1/b27-25+/t36?,37?,38-,40?/m0/s1. The van der Waals surface area contributed by atoms with Gasteiger partial charge in [-0.2, -0.15) is 0 Å². The molecular weight excluding hydrogens is 827 g/mol. The molecule has 0 radical (unpaired) electrons. The van der Waals surface area contributed by atoms with Gasteiger partial charge in [0.25, 0.3) is 0 Å². The summed E-state index contributed by atoms with van der Waals surface area (Å²) in [6.07, 6.45) is 16.9. The van der Waals surface area contributed by atoms with Crippen LogP contribution >= 0.6 is 7.82 Å². The lowest BCUT2D eigenvalue weighted by Gasteiger charge is -2.24. The summed E-state index contributed by atoms with van der Waals surface area (Å²) in [7, 11) is 3.88. The monoisotopic (exact) mass is 910 g/mol. The molecule has 19 heteroatoms. The minimum atomic E-state index is -4.51. The van der Waals surface area contributed by atoms with Crippen molar-refractivity contribution in [3.05, 3.63) is 12.2 Å². The molecule has 0 aliphatic rings. The Morgan fingerprint density at radius 3 is 1.94 bits per heavy atom. The number of ether oxygens (including phenoxy) is 4. The van der Waals surface area contributed by atoms with Crippen molar-refractivity contribution in [3.8, 4) is 0 Å². The molecule has 0 saturated heterocycles. The minimum absolute atomic E-state index is 0.0204. The maximum atomic E-state index is 12.8. The number of methoxy groups -OCH3 is 2. The van der Waals surface area contributed by atoms with Crippen molar-refractivity contribution in [2.75, 3.05) is 74.8 Å². The summed E-state index contributed by atoms with van der Waals surface area (Å²) in [6, 6.07) is -0.869. The second kappa shape index (κ2) is 36.4. The van der Waals surface area contributed by atoms with Crippen LogP contribution in [-0.4, -0.2) is 144 Å². The van der Waals surface area contributed by atoms with E-state index < -0.39 is 62.7 Å². The first kappa shape index (κ1) is 59.0. The molecule has 0 bridgehead atoms. The third-order valence-corrected chi connectivity index (χ3v) is 10.6. The van der Waals surface area contributed by atoms with Gasteiger partial charge in [-0.15, -0.1) is 0 Å². The fourth-order valence-electron chi connectivity index (χ4n) is 5.93. The lowest BCUT2D eigenvalue weighted by atomic mass is 10.0. The molecule has 0 aromatic heterocycles. The molecule has 5 atom stereocenters. The van der Waals surface area contributed by atoms with Crippen LogP contribution in [0.2, 0.25) is 0 Å². The second-order valence-corrected chi connectivity index (χ2v) is 18.0. The van der Waals surface area contributed by atoms with Gasteiger partial charge in [-0.1, -0.05) is 90.0 Å². The Labute approximate surface area is 371 Å². The maximum Gasteiger partial charge on any atom is 0.472 e. The van der Waals surface area contributed by atoms with Crippen molar-refractivity contribution in [1.29, 1.82) is 0 Å². The van der Waals surface area contributed by atoms with Crippen LogP contribution in [0.3, 0.4) is 0 Å². The van der Waals surface area contributed by atoms with Crippen LogP contribution in [-0.2, 0) is 56.5 Å². The third-order valence-electron chi connectivity index (χ3n) is 9.64. The van der Waals surface area contributed by atoms with E-state index in [1.54, 1.807) is 6.08 Å². The molecule has 0 heterocycles. The Balaban J connectivity index is 4.88. The van der Waals surface area contributed by atoms with Crippen LogP contribution in [0.5, 0.6) is 0 Å². The van der Waals surface area contributed by atoms with Crippen molar-refractivity contribution in [2.24, 2.45) is 0 Å². The number of hydrogen-bond donors (Lipinski definition) is 5. The summed E-state index contributed by atoms with van der Waals surface area (Å²) in [5, 5.41) is 18.6. The zero-order chi connectivity index (χ0) is 46.7. The number of carbonyl (C=O) groups is 5. The Morgan fingerprint density at radius 2 is 1.37 bits per heavy atom. The van der Waals surface area contributed by atoms with E-state index in [9.17, 15) is 38.5 Å². The number of aliphatic hydroxyl groups is 1. The van der Waals surface area contributed by atoms with Crippen LogP contribution in [0, 0.1) is 0 Å². The number of rotatable bonds is 40. The SMILES string of the molecule is CCCCCCCCCCCCCCCC(=O)OCC(COP(=O)(O)OCC[N+](C)(C)C)OC(=O)CCC(O)/C=C/C(NCCCC[C@H](NC(=O)CNC(C)=O)C(=O)OC)OC. The predicted molar refractivity (Wildman–Crippen MR) is 235 cm³/mol. The van der Waals surface area contributed by atoms with Gasteiger partial charge in [0.2, 0.25) is 11.8 Å². The van der Waals surface area contributed by atoms with E-state index in [2.05, 4.69) is 22.9 Å². The van der Waals surface area contributed by atoms with Gasteiger partial charge in [-0.25, -0.2) is 9.36 Å². The number of quaternary nitrogens is 1. The number of nitrogens with one attached hydrogen (secondary N) is 3. The number of carbonyl (C=O) groups excluding carboxylic acids is 5. The van der Waals surface area contributed by atoms with Crippen molar-refractivity contribution in [3.63, 3.8) is 0 Å². The molecule has 0 saturated carbocycles. The molecular formula is C43H82N4O14P+. The largest absolute Gasteiger partial charge is 0.472 e. The number of likely N-dealkylation sites (N-methyl/N-ethyl adjacent to an activating group) is 1. The molecule has 0 aromatic carbocycles. The second-order valence-electron chi connectivity index (χ2n) is 16.5. The lowest BCUT2D eigenvalue weighted by Crippen LogP contribution is -2.45. The topological polar surface area (TPSA) is 234 Å². The number of aliphatic hydroxyl groups excluding tert-OH is 1. The highest BCUT2D eigenvalue weighted by atomic mass is 31.2. The Hall–Kier alpha value is -2.96. The molecule has 362 valence electrons. The maximum absolute atomic E-state index is 12.8. The lowest BCUT2D eigenvalue weighted by molar-refractivity contribution is -0.870. The van der Waals surface area contributed by atoms with Gasteiger partial charge in [0.1, 0.15) is 32.0 Å². The highest BCUT2D eigenvalue weighted by molar-refractivity contribution is 7.47. The number of unbranched alkanes of at least 4 members (excludes halogenated alkanes) is 13. The summed E-state index contributed by atoms with van der Waals surface area (Å²) in [5.41, 5.74) is 0. The summed E-state index contributed by atoms with van der Waals surface area (Å²) < 4.78 is 44.2. The summed E-state index contributed by atoms with van der Waals surface area (Å²) in [4.78, 5) is 70.8. The molecule has 0 aromatic rings. The Kier molecular flexibility index (Phi) is 34.6. The number of nitrogens with zero attached hydrogens (tertiary/aromatic N) is 1. The summed E-state index contributed by atoms with van der Waals surface area (Å²) in [6.45, 7) is 3.16. The molecule has 4 unspecified atom stereocenters. The summed E-state index contributed by atoms with van der Waals surface area (Å²) >= 11 is 0. The van der Waals surface area contributed by atoms with E-state index in [1.165, 1.54) is 85.0 Å². The molecule has 2 amide bonds. The van der Waals surface area contributed by atoms with E-state index in [0.717, 1.165) is 19.3 Å². The first-order valence-electron chi connectivity index (χ1n) is 22.4. The first-order valence-corrected chi connectivity index (χ1v) is 23.9. The van der Waals surface area contributed by atoms with Gasteiger partial charge in [-0.05, 0) is 44.7 Å². The third kappa shape index (κ3) is 36.5. The average molecular weight is 910 g/mol. The fourth-order valence-corrected chi connectivity index (χ4v) is 6.67. The van der Waals surface area contributed by atoms with Crippen LogP contribution < -0.4 is 16.0 Å². The van der Waals surface area contributed by atoms with Gasteiger partial charge < -0.3 is 44.1 Å². The van der Waals surface area contributed by atoms with Crippen molar-refractivity contribution in [2.45, 2.75) is 160 Å². The Bertz CT molecular complexity index is 1320. The molecule has 0 rings (SSSR count). The normalized spacial score (nSPS) is 14.7. The average Bonchev–Trinajstić information content (AvgIpc) is 3.21. The number of amides is 2. The summed E-state index contributed by atoms with van der Waals surface area (Å²) in [5.74, 6) is -2.70. The number of phosphoric acid groups is 1. The minimum Gasteiger partial charge on any atom is -0.467 e. The highest BCUT2D eigenvalue weighted by Gasteiger charge is 2.27. The zero-order valence-electron chi connectivity index (χ0n) is 38.8. The molecule has 0 aliphatic heterocycles. The number of hydrogen-bond acceptors (Lipinski definition) is 14. The zero-order valence-corrected chi connectivity index (χ0v) is 39.7. The predicted octanol–water partition coefficient (Wildman–Crippen LogP) is 4.99. The van der Waals surface area contributed by atoms with E-state index in [-0.39, 0.29) is 44.9 Å². The van der Waals surface area contributed by atoms with Gasteiger partial charge in [0, 0.05) is 26.9 Å². The van der Waals surface area contributed by atoms with Gasteiger partial charge in [0.05, 0.1) is 47.5 Å². The van der Waals surface area contributed by atoms with E-state index in [0.29, 0.717) is 43.3 Å². The molecule has 0 fully saturated rings. The molecule has 0 aliphatic carbocycles. The smallest absolute Gasteiger partial charge is 0.467 e. The molecule has 0 spiro atoms. The quantitative estimate of drug-likeness (QED) is 0.0104. The molecule has 5 N–H and O–H groups in total. The van der Waals surface area contributed by atoms with Crippen molar-refractivity contribution >= 4 is 37.5 Å². The fraction of sp³-hybridized carbons (Fsp3) is 0.837. The van der Waals surface area contributed by atoms with Crippen LogP contribution in [0.15, 0.2) is 12.2 Å². The van der Waals surface area contributed by atoms with E-state index >= 15 is 0 Å².